The highest BCUT2D eigenvalue weighted by Gasteiger charge is 2.55. The molecule has 1 saturated heterocycles. The Morgan fingerprint density at radius 2 is 1.57 bits per heavy atom. The Hall–Kier alpha value is -4.37. The summed E-state index contributed by atoms with van der Waals surface area (Å²) in [4.78, 5) is 40.9. The third kappa shape index (κ3) is 4.07. The van der Waals surface area contributed by atoms with E-state index in [2.05, 4.69) is 15.4 Å². The van der Waals surface area contributed by atoms with E-state index in [4.69, 9.17) is 11.6 Å². The van der Waals surface area contributed by atoms with Gasteiger partial charge in [0.25, 0.3) is 17.7 Å². The number of carbonyl (C=O) groups excluding carboxylic acids is 3. The SMILES string of the molecule is O=C1[C@@H]2[C@@H](N=NN2CC(=O)N2N=C(c3ccccc3)C[C@@H]2c2ccccc2)C(=O)N1c1ccc(Cl)cc1. The molecule has 3 aliphatic heterocycles. The molecule has 37 heavy (non-hydrogen) atoms. The topological polar surface area (TPSA) is 98.0 Å². The van der Waals surface area contributed by atoms with Crippen molar-refractivity contribution in [1.82, 2.24) is 10.0 Å². The maximum Gasteiger partial charge on any atom is 0.264 e. The zero-order valence-electron chi connectivity index (χ0n) is 19.5. The maximum atomic E-state index is 13.6. The molecule has 10 heteroatoms. The summed E-state index contributed by atoms with van der Waals surface area (Å²) in [5.74, 6) is -1.31. The third-order valence-corrected chi connectivity index (χ3v) is 6.95. The zero-order chi connectivity index (χ0) is 25.5. The lowest BCUT2D eigenvalue weighted by Crippen LogP contribution is -2.44. The molecule has 3 aliphatic rings. The second-order valence-electron chi connectivity index (χ2n) is 8.96. The highest BCUT2D eigenvalue weighted by Crippen LogP contribution is 2.35. The minimum atomic E-state index is -0.997. The number of hydrogen-bond donors (Lipinski definition) is 0. The number of amides is 3. The van der Waals surface area contributed by atoms with Crippen LogP contribution in [0.15, 0.2) is 100 Å². The molecule has 0 radical (unpaired) electrons. The van der Waals surface area contributed by atoms with Gasteiger partial charge in [-0.25, -0.2) is 9.91 Å². The van der Waals surface area contributed by atoms with E-state index in [1.54, 1.807) is 24.3 Å². The molecule has 3 aromatic rings. The molecule has 0 N–H and O–H groups in total. The number of rotatable bonds is 5. The number of carbonyl (C=O) groups is 3. The van der Waals surface area contributed by atoms with Gasteiger partial charge in [-0.15, -0.1) is 0 Å². The fourth-order valence-electron chi connectivity index (χ4n) is 4.89. The van der Waals surface area contributed by atoms with E-state index in [9.17, 15) is 14.4 Å². The number of imide groups is 1. The summed E-state index contributed by atoms with van der Waals surface area (Å²) in [5, 5.41) is 16.0. The van der Waals surface area contributed by atoms with E-state index in [0.29, 0.717) is 17.1 Å². The maximum absolute atomic E-state index is 13.6. The number of benzene rings is 3. The Balaban J connectivity index is 1.25. The van der Waals surface area contributed by atoms with E-state index < -0.39 is 23.9 Å². The number of anilines is 1. The van der Waals surface area contributed by atoms with Gasteiger partial charge in [-0.1, -0.05) is 77.5 Å². The van der Waals surface area contributed by atoms with Crippen molar-refractivity contribution in [2.75, 3.05) is 11.4 Å². The van der Waals surface area contributed by atoms with Crippen molar-refractivity contribution in [3.8, 4) is 0 Å². The van der Waals surface area contributed by atoms with Crippen LogP contribution in [0.3, 0.4) is 0 Å². The van der Waals surface area contributed by atoms with Crippen LogP contribution in [-0.2, 0) is 14.4 Å². The quantitative estimate of drug-likeness (QED) is 0.482. The highest BCUT2D eigenvalue weighted by atomic mass is 35.5. The van der Waals surface area contributed by atoms with E-state index in [1.807, 2.05) is 60.7 Å². The average Bonchev–Trinajstić information content (AvgIpc) is 3.61. The van der Waals surface area contributed by atoms with Gasteiger partial charge in [-0.3, -0.25) is 19.4 Å². The van der Waals surface area contributed by atoms with Crippen LogP contribution in [0.5, 0.6) is 0 Å². The van der Waals surface area contributed by atoms with Crippen LogP contribution in [0.25, 0.3) is 0 Å². The van der Waals surface area contributed by atoms with Gasteiger partial charge in [0.15, 0.2) is 12.1 Å². The Morgan fingerprint density at radius 1 is 0.892 bits per heavy atom. The van der Waals surface area contributed by atoms with Crippen molar-refractivity contribution >= 4 is 40.7 Å². The molecule has 0 unspecified atom stereocenters. The Labute approximate surface area is 217 Å². The summed E-state index contributed by atoms with van der Waals surface area (Å²) in [5.41, 5.74) is 3.09. The summed E-state index contributed by atoms with van der Waals surface area (Å²) in [7, 11) is 0. The molecule has 0 saturated carbocycles. The first kappa shape index (κ1) is 23.1. The van der Waals surface area contributed by atoms with E-state index in [1.165, 1.54) is 10.0 Å². The molecular weight excluding hydrogens is 492 g/mol. The standard InChI is InChI=1S/C27H21ClN6O3/c28-19-11-13-20(14-12-19)33-26(36)24-25(27(33)37)32(31-29-24)16-23(35)34-22(18-9-5-2-6-10-18)15-21(30-34)17-7-3-1-4-8-17/h1-14,22,24-25H,15-16H2/t22-,24-,25+/m1/s1. The zero-order valence-corrected chi connectivity index (χ0v) is 20.3. The van der Waals surface area contributed by atoms with Crippen molar-refractivity contribution < 1.29 is 14.4 Å². The number of nitrogens with zero attached hydrogens (tertiary/aromatic N) is 6. The van der Waals surface area contributed by atoms with E-state index in [0.717, 1.165) is 21.7 Å². The van der Waals surface area contributed by atoms with E-state index in [-0.39, 0.29) is 18.5 Å². The molecule has 184 valence electrons. The second kappa shape index (κ2) is 9.25. The molecule has 0 spiro atoms. The normalized spacial score (nSPS) is 22.6. The first-order chi connectivity index (χ1) is 18.0. The lowest BCUT2D eigenvalue weighted by molar-refractivity contribution is -0.135. The van der Waals surface area contributed by atoms with Gasteiger partial charge in [0.05, 0.1) is 17.4 Å². The number of hydrazone groups is 1. The molecule has 1 fully saturated rings. The number of fused-ring (bicyclic) bond motifs is 1. The lowest BCUT2D eigenvalue weighted by Gasteiger charge is -2.25. The molecule has 3 amide bonds. The third-order valence-electron chi connectivity index (χ3n) is 6.70. The van der Waals surface area contributed by atoms with Gasteiger partial charge in [0.1, 0.15) is 6.54 Å². The molecule has 3 heterocycles. The summed E-state index contributed by atoms with van der Waals surface area (Å²) >= 11 is 5.95. The fourth-order valence-corrected chi connectivity index (χ4v) is 5.02. The van der Waals surface area contributed by atoms with Crippen molar-refractivity contribution in [2.24, 2.45) is 15.4 Å². The molecule has 6 rings (SSSR count). The lowest BCUT2D eigenvalue weighted by atomic mass is 9.98. The van der Waals surface area contributed by atoms with Crippen LogP contribution >= 0.6 is 11.6 Å². The smallest absolute Gasteiger partial charge is 0.264 e. The number of hydrogen-bond acceptors (Lipinski definition) is 7. The molecular formula is C27H21ClN6O3. The Bertz CT molecular complexity index is 1430. The molecule has 9 nitrogen and oxygen atoms in total. The van der Waals surface area contributed by atoms with Gasteiger partial charge < -0.3 is 0 Å². The van der Waals surface area contributed by atoms with Crippen LogP contribution < -0.4 is 4.90 Å². The van der Waals surface area contributed by atoms with Gasteiger partial charge >= 0.3 is 0 Å². The van der Waals surface area contributed by atoms with Crippen molar-refractivity contribution in [1.29, 1.82) is 0 Å². The predicted molar refractivity (Wildman–Crippen MR) is 137 cm³/mol. The number of halogens is 1. The van der Waals surface area contributed by atoms with Crippen molar-refractivity contribution in [2.45, 2.75) is 24.5 Å². The van der Waals surface area contributed by atoms with Crippen LogP contribution in [0.4, 0.5) is 5.69 Å². The Kier molecular flexibility index (Phi) is 5.77. The van der Waals surface area contributed by atoms with Crippen molar-refractivity contribution in [3.05, 3.63) is 101 Å². The first-order valence-electron chi connectivity index (χ1n) is 11.8. The minimum absolute atomic E-state index is 0.243. The molecule has 0 aromatic heterocycles. The molecule has 3 atom stereocenters. The van der Waals surface area contributed by atoms with Gasteiger partial charge in [0, 0.05) is 11.4 Å². The van der Waals surface area contributed by atoms with E-state index >= 15 is 0 Å². The van der Waals surface area contributed by atoms with Crippen LogP contribution in [0.2, 0.25) is 5.02 Å². The first-order valence-corrected chi connectivity index (χ1v) is 12.2. The average molecular weight is 513 g/mol. The van der Waals surface area contributed by atoms with Crippen molar-refractivity contribution in [3.63, 3.8) is 0 Å². The van der Waals surface area contributed by atoms with Crippen LogP contribution in [-0.4, -0.2) is 52.1 Å². The summed E-state index contributed by atoms with van der Waals surface area (Å²) in [6, 6.07) is 23.5. The molecule has 0 bridgehead atoms. The highest BCUT2D eigenvalue weighted by molar-refractivity contribution is 6.31. The molecule has 3 aromatic carbocycles. The monoisotopic (exact) mass is 512 g/mol. The van der Waals surface area contributed by atoms with Gasteiger partial charge in [-0.05, 0) is 35.4 Å². The fraction of sp³-hybridized carbons (Fsp3) is 0.185. The second-order valence-corrected chi connectivity index (χ2v) is 9.40. The Morgan fingerprint density at radius 3 is 2.27 bits per heavy atom. The molecule has 0 aliphatic carbocycles. The minimum Gasteiger partial charge on any atom is -0.271 e. The van der Waals surface area contributed by atoms with Gasteiger partial charge in [-0.2, -0.15) is 10.2 Å². The summed E-state index contributed by atoms with van der Waals surface area (Å²) < 4.78 is 0. The summed E-state index contributed by atoms with van der Waals surface area (Å²) in [6.07, 6.45) is 0.551. The van der Waals surface area contributed by atoms with Gasteiger partial charge in [0.2, 0.25) is 0 Å². The van der Waals surface area contributed by atoms with Crippen LogP contribution in [0, 0.1) is 0 Å². The largest absolute Gasteiger partial charge is 0.271 e. The van der Waals surface area contributed by atoms with Crippen LogP contribution in [0.1, 0.15) is 23.6 Å². The summed E-state index contributed by atoms with van der Waals surface area (Å²) in [6.45, 7) is -0.243. The predicted octanol–water partition coefficient (Wildman–Crippen LogP) is 4.01.